The maximum absolute atomic E-state index is 12.4. The first-order valence-corrected chi connectivity index (χ1v) is 8.86. The van der Waals surface area contributed by atoms with Crippen molar-refractivity contribution >= 4 is 10.0 Å². The summed E-state index contributed by atoms with van der Waals surface area (Å²) in [5.41, 5.74) is 0.973. The van der Waals surface area contributed by atoms with E-state index in [0.29, 0.717) is 17.4 Å². The fourth-order valence-electron chi connectivity index (χ4n) is 2.62. The highest BCUT2D eigenvalue weighted by molar-refractivity contribution is 7.89. The van der Waals surface area contributed by atoms with Crippen LogP contribution in [0.2, 0.25) is 0 Å². The summed E-state index contributed by atoms with van der Waals surface area (Å²) >= 11 is 0. The molecule has 1 aromatic carbocycles. The smallest absolute Gasteiger partial charge is 0.240 e. The van der Waals surface area contributed by atoms with Gasteiger partial charge in [-0.3, -0.25) is 0 Å². The van der Waals surface area contributed by atoms with Crippen LogP contribution >= 0.6 is 0 Å². The van der Waals surface area contributed by atoms with E-state index in [-0.39, 0.29) is 6.04 Å². The van der Waals surface area contributed by atoms with Crippen molar-refractivity contribution in [1.29, 1.82) is 0 Å². The van der Waals surface area contributed by atoms with Gasteiger partial charge >= 0.3 is 0 Å². The second-order valence-corrected chi connectivity index (χ2v) is 7.62. The van der Waals surface area contributed by atoms with Gasteiger partial charge in [0.15, 0.2) is 0 Å². The minimum absolute atomic E-state index is 0.128. The van der Waals surface area contributed by atoms with Crippen molar-refractivity contribution in [2.45, 2.75) is 24.3 Å². The Kier molecular flexibility index (Phi) is 5.37. The van der Waals surface area contributed by atoms with Gasteiger partial charge in [0.1, 0.15) is 0 Å². The molecule has 2 N–H and O–H groups in total. The molecule has 2 rings (SSSR count). The molecule has 6 heteroatoms. The lowest BCUT2D eigenvalue weighted by atomic mass is 10.1. The molecule has 1 aliphatic rings. The van der Waals surface area contributed by atoms with Gasteiger partial charge in [-0.1, -0.05) is 12.1 Å². The van der Waals surface area contributed by atoms with Crippen molar-refractivity contribution in [2.75, 3.05) is 33.7 Å². The molecule has 0 radical (unpaired) electrons. The number of hydrogen-bond donors (Lipinski definition) is 2. The monoisotopic (exact) mass is 311 g/mol. The van der Waals surface area contributed by atoms with E-state index in [1.807, 2.05) is 20.0 Å². The van der Waals surface area contributed by atoms with Crippen LogP contribution in [0, 0.1) is 5.92 Å². The zero-order chi connectivity index (χ0) is 15.5. The van der Waals surface area contributed by atoms with Gasteiger partial charge in [-0.05, 0) is 57.6 Å². The van der Waals surface area contributed by atoms with E-state index in [2.05, 4.69) is 22.0 Å². The molecular weight excluding hydrogens is 286 g/mol. The van der Waals surface area contributed by atoms with Crippen LogP contribution in [0.1, 0.15) is 24.9 Å². The van der Waals surface area contributed by atoms with E-state index in [0.717, 1.165) is 25.1 Å². The predicted molar refractivity (Wildman–Crippen MR) is 84.7 cm³/mol. The minimum Gasteiger partial charge on any atom is -0.313 e. The Morgan fingerprint density at radius 2 is 2.19 bits per heavy atom. The first-order chi connectivity index (χ1) is 9.92. The van der Waals surface area contributed by atoms with Gasteiger partial charge in [0, 0.05) is 19.1 Å². The van der Waals surface area contributed by atoms with Crippen LogP contribution in [0.25, 0.3) is 0 Å². The lowest BCUT2D eigenvalue weighted by Crippen LogP contribution is -2.30. The van der Waals surface area contributed by atoms with Crippen molar-refractivity contribution in [3.8, 4) is 0 Å². The zero-order valence-electron chi connectivity index (χ0n) is 13.0. The van der Waals surface area contributed by atoms with Crippen molar-refractivity contribution in [1.82, 2.24) is 14.9 Å². The summed E-state index contributed by atoms with van der Waals surface area (Å²) in [4.78, 5) is 2.57. The number of sulfonamides is 1. The van der Waals surface area contributed by atoms with Crippen molar-refractivity contribution in [2.24, 2.45) is 5.92 Å². The molecule has 0 bridgehead atoms. The topological polar surface area (TPSA) is 61.4 Å². The third kappa shape index (κ3) is 4.26. The number of benzene rings is 1. The van der Waals surface area contributed by atoms with E-state index < -0.39 is 10.0 Å². The van der Waals surface area contributed by atoms with Gasteiger partial charge in [0.25, 0.3) is 0 Å². The third-order valence-corrected chi connectivity index (χ3v) is 5.57. The molecule has 118 valence electrons. The highest BCUT2D eigenvalue weighted by Gasteiger charge is 2.22. The van der Waals surface area contributed by atoms with Crippen molar-refractivity contribution in [3.05, 3.63) is 29.8 Å². The Balaban J connectivity index is 2.05. The quantitative estimate of drug-likeness (QED) is 0.829. The molecule has 0 spiro atoms. The molecule has 1 saturated heterocycles. The lowest BCUT2D eigenvalue weighted by Gasteiger charge is -2.14. The zero-order valence-corrected chi connectivity index (χ0v) is 13.8. The molecule has 1 aromatic rings. The summed E-state index contributed by atoms with van der Waals surface area (Å²) in [5, 5.41) is 3.12. The van der Waals surface area contributed by atoms with Crippen LogP contribution in [0.5, 0.6) is 0 Å². The molecule has 0 saturated carbocycles. The summed E-state index contributed by atoms with van der Waals surface area (Å²) in [7, 11) is 0.503. The number of hydrogen-bond acceptors (Lipinski definition) is 4. The van der Waals surface area contributed by atoms with E-state index in [1.165, 1.54) is 0 Å². The Morgan fingerprint density at radius 3 is 2.81 bits per heavy atom. The molecule has 1 fully saturated rings. The second-order valence-electron chi connectivity index (χ2n) is 5.85. The lowest BCUT2D eigenvalue weighted by molar-refractivity contribution is 0.394. The number of nitrogens with zero attached hydrogens (tertiary/aromatic N) is 1. The Morgan fingerprint density at radius 1 is 1.43 bits per heavy atom. The molecule has 1 aliphatic heterocycles. The van der Waals surface area contributed by atoms with Gasteiger partial charge in [-0.2, -0.15) is 0 Å². The number of likely N-dealkylation sites (tertiary alicyclic amines) is 1. The maximum atomic E-state index is 12.4. The minimum atomic E-state index is -3.43. The molecule has 0 aliphatic carbocycles. The first kappa shape index (κ1) is 16.4. The molecule has 2 unspecified atom stereocenters. The normalized spacial score (nSPS) is 21.6. The molecule has 0 amide bonds. The molecule has 21 heavy (non-hydrogen) atoms. The average molecular weight is 311 g/mol. The summed E-state index contributed by atoms with van der Waals surface area (Å²) in [6.07, 6.45) is 1.05. The molecule has 0 aromatic heterocycles. The van der Waals surface area contributed by atoms with Crippen LogP contribution in [0.3, 0.4) is 0 Å². The number of nitrogens with one attached hydrogen (secondary N) is 2. The maximum Gasteiger partial charge on any atom is 0.240 e. The molecule has 2 atom stereocenters. The van der Waals surface area contributed by atoms with Gasteiger partial charge in [0.2, 0.25) is 10.0 Å². The van der Waals surface area contributed by atoms with E-state index in [4.69, 9.17) is 0 Å². The number of rotatable bonds is 6. The van der Waals surface area contributed by atoms with Crippen LogP contribution in [-0.4, -0.2) is 47.0 Å². The Bertz CT molecular complexity index is 574. The molecule has 5 nitrogen and oxygen atoms in total. The standard InChI is InChI=1S/C15H25N3O2S/c1-12(16-2)14-5-4-6-15(9-14)21(19,20)17-10-13-7-8-18(3)11-13/h4-6,9,12-13,16-17H,7-8,10-11H2,1-3H3. The highest BCUT2D eigenvalue weighted by atomic mass is 32.2. The van der Waals surface area contributed by atoms with Crippen LogP contribution in [-0.2, 0) is 10.0 Å². The van der Waals surface area contributed by atoms with E-state index >= 15 is 0 Å². The van der Waals surface area contributed by atoms with Gasteiger partial charge in [0.05, 0.1) is 4.90 Å². The first-order valence-electron chi connectivity index (χ1n) is 7.38. The van der Waals surface area contributed by atoms with Crippen LogP contribution < -0.4 is 10.0 Å². The largest absolute Gasteiger partial charge is 0.313 e. The van der Waals surface area contributed by atoms with E-state index in [9.17, 15) is 8.42 Å². The fourth-order valence-corrected chi connectivity index (χ4v) is 3.79. The predicted octanol–water partition coefficient (Wildman–Crippen LogP) is 1.20. The van der Waals surface area contributed by atoms with Crippen LogP contribution in [0.15, 0.2) is 29.2 Å². The summed E-state index contributed by atoms with van der Waals surface area (Å²) in [6.45, 7) is 4.52. The average Bonchev–Trinajstić information content (AvgIpc) is 2.90. The van der Waals surface area contributed by atoms with Gasteiger partial charge < -0.3 is 10.2 Å². The molecule has 1 heterocycles. The SMILES string of the molecule is CNC(C)c1cccc(S(=O)(=O)NCC2CCN(C)C2)c1. The Hall–Kier alpha value is -0.950. The van der Waals surface area contributed by atoms with Crippen molar-refractivity contribution < 1.29 is 8.42 Å². The summed E-state index contributed by atoms with van der Waals surface area (Å²) in [6, 6.07) is 7.25. The highest BCUT2D eigenvalue weighted by Crippen LogP contribution is 2.18. The van der Waals surface area contributed by atoms with Crippen LogP contribution in [0.4, 0.5) is 0 Å². The van der Waals surface area contributed by atoms with Gasteiger partial charge in [-0.25, -0.2) is 13.1 Å². The fraction of sp³-hybridized carbons (Fsp3) is 0.600. The van der Waals surface area contributed by atoms with Gasteiger partial charge in [-0.15, -0.1) is 0 Å². The van der Waals surface area contributed by atoms with E-state index in [1.54, 1.807) is 18.2 Å². The summed E-state index contributed by atoms with van der Waals surface area (Å²) in [5.74, 6) is 0.407. The summed E-state index contributed by atoms with van der Waals surface area (Å²) < 4.78 is 27.5. The molecular formula is C15H25N3O2S. The third-order valence-electron chi connectivity index (χ3n) is 4.15. The Labute approximate surface area is 127 Å². The van der Waals surface area contributed by atoms with Crippen molar-refractivity contribution in [3.63, 3.8) is 0 Å². The second kappa shape index (κ2) is 6.87.